The molecule has 2 aliphatic rings. The third-order valence-corrected chi connectivity index (χ3v) is 5.30. The first-order chi connectivity index (χ1) is 15.6. The molecule has 2 saturated heterocycles. The first kappa shape index (κ1) is 22.7. The van der Waals surface area contributed by atoms with Crippen LogP contribution in [0.15, 0.2) is 24.5 Å². The van der Waals surface area contributed by atoms with Gasteiger partial charge in [-0.3, -0.25) is 4.90 Å². The normalized spacial score (nSPS) is 19.1. The summed E-state index contributed by atoms with van der Waals surface area (Å²) in [5.41, 5.74) is -0.727. The van der Waals surface area contributed by atoms with E-state index in [-0.39, 0.29) is 50.6 Å². The lowest BCUT2D eigenvalue weighted by atomic mass is 10.2. The summed E-state index contributed by atoms with van der Waals surface area (Å²) in [5, 5.41) is 7.52. The van der Waals surface area contributed by atoms with E-state index in [9.17, 15) is 18.4 Å². The smallest absolute Gasteiger partial charge is 0.414 e. The summed E-state index contributed by atoms with van der Waals surface area (Å²) >= 11 is 0. The number of nitrogens with zero attached hydrogens (tertiary/aromatic N) is 6. The van der Waals surface area contributed by atoms with Gasteiger partial charge in [-0.05, 0) is 20.8 Å². The largest absolute Gasteiger partial charge is 0.444 e. The Kier molecular flexibility index (Phi) is 6.09. The molecule has 1 aromatic heterocycles. The Morgan fingerprint density at radius 2 is 1.85 bits per heavy atom. The molecule has 0 radical (unpaired) electrons. The number of hydrogen-bond donors (Lipinski definition) is 0. The lowest BCUT2D eigenvalue weighted by molar-refractivity contribution is 0.0240. The molecular weight excluding hydrogens is 438 g/mol. The van der Waals surface area contributed by atoms with Crippen LogP contribution in [0.1, 0.15) is 20.8 Å². The van der Waals surface area contributed by atoms with Crippen LogP contribution in [-0.2, 0) is 16.0 Å². The van der Waals surface area contributed by atoms with Crippen molar-refractivity contribution >= 4 is 23.6 Å². The van der Waals surface area contributed by atoms with E-state index in [1.807, 2.05) is 0 Å². The number of ether oxygens (including phenoxy) is 2. The predicted octanol–water partition coefficient (Wildman–Crippen LogP) is 2.64. The van der Waals surface area contributed by atoms with Crippen molar-refractivity contribution in [2.24, 2.45) is 0 Å². The number of halogens is 2. The van der Waals surface area contributed by atoms with Gasteiger partial charge < -0.3 is 19.3 Å². The Morgan fingerprint density at radius 3 is 2.42 bits per heavy atom. The van der Waals surface area contributed by atoms with Gasteiger partial charge in [-0.25, -0.2) is 23.1 Å². The van der Waals surface area contributed by atoms with Crippen LogP contribution in [0.4, 0.5) is 29.7 Å². The summed E-state index contributed by atoms with van der Waals surface area (Å²) in [5.74, 6) is -1.58. The van der Waals surface area contributed by atoms with Crippen molar-refractivity contribution in [2.75, 3.05) is 42.5 Å². The van der Waals surface area contributed by atoms with Gasteiger partial charge in [0.1, 0.15) is 17.4 Å². The maximum absolute atomic E-state index is 15.0. The molecule has 33 heavy (non-hydrogen) atoms. The SMILES string of the molecule is CC(C)(C)OC(=O)N1CCN(c2c(F)cc(N3C[C@H](Cn4ccnn4)OC3=O)cc2F)CC1. The molecule has 2 amide bonds. The Morgan fingerprint density at radius 1 is 1.18 bits per heavy atom. The van der Waals surface area contributed by atoms with Crippen molar-refractivity contribution in [3.05, 3.63) is 36.2 Å². The van der Waals surface area contributed by atoms with E-state index < -0.39 is 35.5 Å². The molecule has 1 aromatic carbocycles. The van der Waals surface area contributed by atoms with Crippen LogP contribution in [0.2, 0.25) is 0 Å². The second-order valence-corrected chi connectivity index (χ2v) is 8.95. The first-order valence-electron chi connectivity index (χ1n) is 10.6. The molecule has 3 heterocycles. The number of anilines is 2. The van der Waals surface area contributed by atoms with Gasteiger partial charge >= 0.3 is 12.2 Å². The van der Waals surface area contributed by atoms with E-state index in [2.05, 4.69) is 10.3 Å². The molecule has 2 aromatic rings. The highest BCUT2D eigenvalue weighted by atomic mass is 19.1. The molecule has 178 valence electrons. The quantitative estimate of drug-likeness (QED) is 0.687. The van der Waals surface area contributed by atoms with Crippen LogP contribution in [0, 0.1) is 11.6 Å². The number of hydrogen-bond acceptors (Lipinski definition) is 7. The minimum absolute atomic E-state index is 0.0761. The standard InChI is InChI=1S/C21H26F2N6O4/c1-21(2,3)33-19(30)27-8-6-26(7-9-27)18-16(22)10-14(11-17(18)23)29-13-15(32-20(29)31)12-28-5-4-24-25-28/h4-5,10-11,15H,6-9,12-13H2,1-3H3/t15-/m0/s1. The number of benzene rings is 1. The van der Waals surface area contributed by atoms with Gasteiger partial charge in [-0.2, -0.15) is 0 Å². The molecule has 0 saturated carbocycles. The Balaban J connectivity index is 1.42. The van der Waals surface area contributed by atoms with Crippen molar-refractivity contribution in [3.63, 3.8) is 0 Å². The molecule has 2 fully saturated rings. The Labute approximate surface area is 189 Å². The van der Waals surface area contributed by atoms with Crippen molar-refractivity contribution in [3.8, 4) is 0 Å². The summed E-state index contributed by atoms with van der Waals surface area (Å²) in [6.45, 7) is 6.80. The van der Waals surface area contributed by atoms with E-state index in [0.717, 1.165) is 12.1 Å². The molecule has 2 aliphatic heterocycles. The van der Waals surface area contributed by atoms with E-state index in [4.69, 9.17) is 9.47 Å². The molecule has 4 rings (SSSR count). The van der Waals surface area contributed by atoms with Gasteiger partial charge in [0.15, 0.2) is 11.6 Å². The molecule has 0 bridgehead atoms. The zero-order valence-electron chi connectivity index (χ0n) is 18.7. The fourth-order valence-corrected chi connectivity index (χ4v) is 3.82. The molecule has 10 nitrogen and oxygen atoms in total. The molecule has 12 heteroatoms. The highest BCUT2D eigenvalue weighted by Crippen LogP contribution is 2.32. The van der Waals surface area contributed by atoms with Gasteiger partial charge in [-0.1, -0.05) is 5.21 Å². The molecule has 0 aliphatic carbocycles. The number of amides is 2. The monoisotopic (exact) mass is 464 g/mol. The zero-order valence-corrected chi connectivity index (χ0v) is 18.7. The lowest BCUT2D eigenvalue weighted by Gasteiger charge is -2.37. The topological polar surface area (TPSA) is 93.0 Å². The minimum Gasteiger partial charge on any atom is -0.444 e. The van der Waals surface area contributed by atoms with Crippen molar-refractivity contribution in [1.29, 1.82) is 0 Å². The van der Waals surface area contributed by atoms with Gasteiger partial charge in [0, 0.05) is 44.5 Å². The second kappa shape index (κ2) is 8.83. The van der Waals surface area contributed by atoms with Crippen molar-refractivity contribution in [2.45, 2.75) is 39.0 Å². The lowest BCUT2D eigenvalue weighted by Crippen LogP contribution is -2.50. The molecular formula is C21H26F2N6O4. The van der Waals surface area contributed by atoms with Crippen LogP contribution in [0.25, 0.3) is 0 Å². The number of piperazine rings is 1. The van der Waals surface area contributed by atoms with E-state index >= 15 is 0 Å². The fraction of sp³-hybridized carbons (Fsp3) is 0.524. The van der Waals surface area contributed by atoms with E-state index in [0.29, 0.717) is 0 Å². The number of rotatable bonds is 4. The number of cyclic esters (lactones) is 1. The van der Waals surface area contributed by atoms with Crippen LogP contribution < -0.4 is 9.80 Å². The maximum atomic E-state index is 15.0. The van der Waals surface area contributed by atoms with Crippen molar-refractivity contribution in [1.82, 2.24) is 19.9 Å². The third kappa shape index (κ3) is 5.15. The summed E-state index contributed by atoms with van der Waals surface area (Å²) < 4.78 is 42.1. The Hall–Kier alpha value is -3.44. The highest BCUT2D eigenvalue weighted by molar-refractivity contribution is 5.90. The van der Waals surface area contributed by atoms with Gasteiger partial charge in [0.05, 0.1) is 25.0 Å². The fourth-order valence-electron chi connectivity index (χ4n) is 3.82. The van der Waals surface area contributed by atoms with Crippen LogP contribution in [0.3, 0.4) is 0 Å². The van der Waals surface area contributed by atoms with Crippen LogP contribution >= 0.6 is 0 Å². The third-order valence-electron chi connectivity index (χ3n) is 5.30. The summed E-state index contributed by atoms with van der Waals surface area (Å²) in [6, 6.07) is 2.25. The predicted molar refractivity (Wildman–Crippen MR) is 114 cm³/mol. The number of aromatic nitrogens is 3. The molecule has 0 unspecified atom stereocenters. The number of carbonyl (C=O) groups is 2. The summed E-state index contributed by atoms with van der Waals surface area (Å²) in [6.07, 6.45) is 1.48. The Bertz CT molecular complexity index is 995. The van der Waals surface area contributed by atoms with Crippen LogP contribution in [0.5, 0.6) is 0 Å². The summed E-state index contributed by atoms with van der Waals surface area (Å²) in [7, 11) is 0. The summed E-state index contributed by atoms with van der Waals surface area (Å²) in [4.78, 5) is 28.7. The van der Waals surface area contributed by atoms with Crippen molar-refractivity contribution < 1.29 is 27.8 Å². The van der Waals surface area contributed by atoms with E-state index in [1.165, 1.54) is 20.7 Å². The molecule has 0 spiro atoms. The second-order valence-electron chi connectivity index (χ2n) is 8.95. The zero-order chi connectivity index (χ0) is 23.8. The average molecular weight is 464 g/mol. The minimum atomic E-state index is -0.789. The highest BCUT2D eigenvalue weighted by Gasteiger charge is 2.34. The molecule has 0 N–H and O–H groups in total. The first-order valence-corrected chi connectivity index (χ1v) is 10.6. The van der Waals surface area contributed by atoms with Gasteiger partial charge in [-0.15, -0.1) is 5.10 Å². The maximum Gasteiger partial charge on any atom is 0.414 e. The molecule has 1 atom stereocenters. The van der Waals surface area contributed by atoms with Gasteiger partial charge in [0.2, 0.25) is 0 Å². The average Bonchev–Trinajstić information content (AvgIpc) is 3.36. The van der Waals surface area contributed by atoms with E-state index in [1.54, 1.807) is 31.9 Å². The van der Waals surface area contributed by atoms with Crippen LogP contribution in [-0.4, -0.2) is 76.5 Å². The van der Waals surface area contributed by atoms with Gasteiger partial charge in [0.25, 0.3) is 0 Å². The number of carbonyl (C=O) groups excluding carboxylic acids is 2.